The molecular weight excluding hydrogens is 208 g/mol. The van der Waals surface area contributed by atoms with Gasteiger partial charge in [0.05, 0.1) is 0 Å². The van der Waals surface area contributed by atoms with E-state index in [2.05, 4.69) is 5.32 Å². The van der Waals surface area contributed by atoms with Crippen LogP contribution in [-0.2, 0) is 9.59 Å². The van der Waals surface area contributed by atoms with Crippen molar-refractivity contribution in [3.63, 3.8) is 0 Å². The summed E-state index contributed by atoms with van der Waals surface area (Å²) in [5, 5.41) is 11.6. The third-order valence-corrected chi connectivity index (χ3v) is 2.73. The van der Waals surface area contributed by atoms with Crippen molar-refractivity contribution in [2.45, 2.75) is 25.8 Å². The molecule has 1 aliphatic heterocycles. The zero-order valence-corrected chi connectivity index (χ0v) is 9.48. The Kier molecular flexibility index (Phi) is 4.98. The van der Waals surface area contributed by atoms with E-state index in [-0.39, 0.29) is 5.91 Å². The van der Waals surface area contributed by atoms with Crippen LogP contribution in [0.15, 0.2) is 12.2 Å². The summed E-state index contributed by atoms with van der Waals surface area (Å²) in [7, 11) is 0. The van der Waals surface area contributed by atoms with Crippen molar-refractivity contribution in [3.8, 4) is 0 Å². The highest BCUT2D eigenvalue weighted by atomic mass is 16.4. The van der Waals surface area contributed by atoms with Crippen LogP contribution in [0, 0.1) is 0 Å². The minimum absolute atomic E-state index is 0.129. The maximum atomic E-state index is 11.1. The zero-order chi connectivity index (χ0) is 12.0. The monoisotopic (exact) mass is 226 g/mol. The van der Waals surface area contributed by atoms with Gasteiger partial charge in [0.25, 0.3) is 0 Å². The third kappa shape index (κ3) is 4.44. The second kappa shape index (κ2) is 6.27. The van der Waals surface area contributed by atoms with Gasteiger partial charge in [0, 0.05) is 38.7 Å². The van der Waals surface area contributed by atoms with E-state index in [4.69, 9.17) is 5.11 Å². The van der Waals surface area contributed by atoms with Crippen LogP contribution in [0.2, 0.25) is 0 Å². The number of hydrogen-bond acceptors (Lipinski definition) is 3. The number of likely N-dealkylation sites (tertiary alicyclic amines) is 1. The molecule has 0 unspecified atom stereocenters. The molecule has 2 N–H and O–H groups in total. The number of nitrogens with zero attached hydrogens (tertiary/aromatic N) is 1. The van der Waals surface area contributed by atoms with Gasteiger partial charge in [0.15, 0.2) is 0 Å². The summed E-state index contributed by atoms with van der Waals surface area (Å²) < 4.78 is 0. The quantitative estimate of drug-likeness (QED) is 0.673. The van der Waals surface area contributed by atoms with Crippen LogP contribution in [0.25, 0.3) is 0 Å². The second-order valence-electron chi connectivity index (χ2n) is 3.93. The normalized spacial score (nSPS) is 17.9. The van der Waals surface area contributed by atoms with E-state index in [9.17, 15) is 9.59 Å². The van der Waals surface area contributed by atoms with Crippen molar-refractivity contribution in [3.05, 3.63) is 12.2 Å². The number of carbonyl (C=O) groups is 2. The number of amides is 1. The van der Waals surface area contributed by atoms with Crippen LogP contribution >= 0.6 is 0 Å². The Labute approximate surface area is 95.1 Å². The first-order chi connectivity index (χ1) is 7.59. The van der Waals surface area contributed by atoms with Gasteiger partial charge in [0.2, 0.25) is 5.91 Å². The molecule has 0 aliphatic carbocycles. The molecule has 1 saturated heterocycles. The summed E-state index contributed by atoms with van der Waals surface area (Å²) in [4.78, 5) is 23.1. The minimum Gasteiger partial charge on any atom is -0.478 e. The van der Waals surface area contributed by atoms with E-state index in [1.807, 2.05) is 4.90 Å². The van der Waals surface area contributed by atoms with Crippen molar-refractivity contribution >= 4 is 11.9 Å². The molecule has 16 heavy (non-hydrogen) atoms. The molecule has 5 nitrogen and oxygen atoms in total. The number of aliphatic carboxylic acids is 1. The molecule has 0 atom stereocenters. The van der Waals surface area contributed by atoms with Crippen molar-refractivity contribution in [2.75, 3.05) is 19.6 Å². The Morgan fingerprint density at radius 3 is 2.56 bits per heavy atom. The lowest BCUT2D eigenvalue weighted by Crippen LogP contribution is -2.44. The molecule has 0 aromatic rings. The van der Waals surface area contributed by atoms with Crippen LogP contribution in [0.5, 0.6) is 0 Å². The maximum Gasteiger partial charge on any atom is 0.328 e. The highest BCUT2D eigenvalue weighted by molar-refractivity contribution is 5.79. The van der Waals surface area contributed by atoms with Crippen molar-refractivity contribution in [1.29, 1.82) is 0 Å². The van der Waals surface area contributed by atoms with Gasteiger partial charge in [-0.3, -0.25) is 4.79 Å². The number of carboxylic acid groups (broad SMARTS) is 1. The molecule has 1 amide bonds. The molecule has 0 spiro atoms. The van der Waals surface area contributed by atoms with E-state index >= 15 is 0 Å². The fourth-order valence-corrected chi connectivity index (χ4v) is 1.79. The number of carboxylic acids is 1. The number of nitrogens with one attached hydrogen (secondary N) is 1. The molecular formula is C11H18N2O3. The molecule has 0 aromatic heterocycles. The summed E-state index contributed by atoms with van der Waals surface area (Å²) in [6.45, 7) is 3.73. The number of rotatable bonds is 4. The van der Waals surface area contributed by atoms with Crippen LogP contribution in [0.3, 0.4) is 0 Å². The standard InChI is InChI=1S/C11H18N2O3/c1-9(14)13-7-4-10(5-8-13)12-6-2-3-11(15)16/h2-3,10,12H,4-8H2,1H3,(H,15,16)/b3-2+. The Hall–Kier alpha value is -1.36. The van der Waals surface area contributed by atoms with Gasteiger partial charge in [-0.05, 0) is 12.8 Å². The predicted molar refractivity (Wildman–Crippen MR) is 60.1 cm³/mol. The highest BCUT2D eigenvalue weighted by Crippen LogP contribution is 2.09. The fraction of sp³-hybridized carbons (Fsp3) is 0.636. The molecule has 1 aliphatic rings. The molecule has 0 aromatic carbocycles. The number of carbonyl (C=O) groups excluding carboxylic acids is 1. The summed E-state index contributed by atoms with van der Waals surface area (Å²) in [6.07, 6.45) is 4.60. The Bertz CT molecular complexity index is 281. The maximum absolute atomic E-state index is 11.1. The van der Waals surface area contributed by atoms with Crippen molar-refractivity contribution in [2.24, 2.45) is 0 Å². The third-order valence-electron chi connectivity index (χ3n) is 2.73. The topological polar surface area (TPSA) is 69.6 Å². The summed E-state index contributed by atoms with van der Waals surface area (Å²) >= 11 is 0. The molecule has 5 heteroatoms. The lowest BCUT2D eigenvalue weighted by molar-refractivity contribution is -0.131. The molecule has 0 radical (unpaired) electrons. The molecule has 1 heterocycles. The van der Waals surface area contributed by atoms with Gasteiger partial charge in [-0.25, -0.2) is 4.79 Å². The van der Waals surface area contributed by atoms with Gasteiger partial charge < -0.3 is 15.3 Å². The van der Waals surface area contributed by atoms with Crippen LogP contribution in [-0.4, -0.2) is 47.6 Å². The first kappa shape index (κ1) is 12.7. The smallest absolute Gasteiger partial charge is 0.328 e. The Morgan fingerprint density at radius 1 is 1.44 bits per heavy atom. The first-order valence-electron chi connectivity index (χ1n) is 5.48. The molecule has 90 valence electrons. The Balaban J connectivity index is 2.17. The SMILES string of the molecule is CC(=O)N1CCC(NC/C=C/C(=O)O)CC1. The lowest BCUT2D eigenvalue weighted by atomic mass is 10.1. The van der Waals surface area contributed by atoms with Crippen molar-refractivity contribution < 1.29 is 14.7 Å². The Morgan fingerprint density at radius 2 is 2.06 bits per heavy atom. The van der Waals surface area contributed by atoms with Crippen LogP contribution in [0.4, 0.5) is 0 Å². The summed E-state index contributed by atoms with van der Waals surface area (Å²) in [6, 6.07) is 0.383. The van der Waals surface area contributed by atoms with Crippen molar-refractivity contribution in [1.82, 2.24) is 10.2 Å². The van der Waals surface area contributed by atoms with E-state index in [1.54, 1.807) is 13.0 Å². The minimum atomic E-state index is -0.923. The van der Waals surface area contributed by atoms with E-state index in [0.717, 1.165) is 32.0 Å². The average molecular weight is 226 g/mol. The molecule has 1 fully saturated rings. The second-order valence-corrected chi connectivity index (χ2v) is 3.93. The van der Waals surface area contributed by atoms with Gasteiger partial charge in [-0.15, -0.1) is 0 Å². The predicted octanol–water partition coefficient (Wildman–Crippen LogP) is 0.228. The fourth-order valence-electron chi connectivity index (χ4n) is 1.79. The largest absolute Gasteiger partial charge is 0.478 e. The summed E-state index contributed by atoms with van der Waals surface area (Å²) in [5.74, 6) is -0.794. The molecule has 1 rings (SSSR count). The van der Waals surface area contributed by atoms with E-state index in [1.165, 1.54) is 0 Å². The summed E-state index contributed by atoms with van der Waals surface area (Å²) in [5.41, 5.74) is 0. The van der Waals surface area contributed by atoms with E-state index in [0.29, 0.717) is 12.6 Å². The number of hydrogen-bond donors (Lipinski definition) is 2. The first-order valence-corrected chi connectivity index (χ1v) is 5.48. The molecule has 0 saturated carbocycles. The van der Waals surface area contributed by atoms with Gasteiger partial charge in [0.1, 0.15) is 0 Å². The zero-order valence-electron chi connectivity index (χ0n) is 9.48. The van der Waals surface area contributed by atoms with Gasteiger partial charge >= 0.3 is 5.97 Å². The lowest BCUT2D eigenvalue weighted by Gasteiger charge is -2.31. The number of piperidine rings is 1. The van der Waals surface area contributed by atoms with Gasteiger partial charge in [-0.2, -0.15) is 0 Å². The van der Waals surface area contributed by atoms with Gasteiger partial charge in [-0.1, -0.05) is 6.08 Å². The van der Waals surface area contributed by atoms with Crippen LogP contribution < -0.4 is 5.32 Å². The highest BCUT2D eigenvalue weighted by Gasteiger charge is 2.19. The van der Waals surface area contributed by atoms with E-state index < -0.39 is 5.97 Å². The molecule has 0 bridgehead atoms. The average Bonchev–Trinajstić information content (AvgIpc) is 2.25. The van der Waals surface area contributed by atoms with Crippen LogP contribution in [0.1, 0.15) is 19.8 Å².